The van der Waals surface area contributed by atoms with E-state index in [2.05, 4.69) is 34.3 Å². The van der Waals surface area contributed by atoms with Gasteiger partial charge < -0.3 is 0 Å². The average Bonchev–Trinajstić information content (AvgIpc) is 1.64. The lowest BCUT2D eigenvalue weighted by Gasteiger charge is -2.22. The highest BCUT2D eigenvalue weighted by atomic mass is 14.1. The Morgan fingerprint density at radius 1 is 1.38 bits per heavy atom. The second kappa shape index (κ2) is 2.81. The third-order valence-electron chi connectivity index (χ3n) is 1.34. The highest BCUT2D eigenvalue weighted by Crippen LogP contribution is 2.17. The first-order chi connectivity index (χ1) is 3.55. The van der Waals surface area contributed by atoms with Crippen LogP contribution in [0.2, 0.25) is 0 Å². The molecule has 0 aliphatic rings. The Morgan fingerprint density at radius 3 is 1.75 bits per heavy atom. The first-order valence-electron chi connectivity index (χ1n) is 3.05. The lowest BCUT2D eigenvalue weighted by Crippen LogP contribution is -1.97. The van der Waals surface area contributed by atoms with Gasteiger partial charge in [-0.25, -0.2) is 18.1 Å². The molecule has 0 rings (SSSR count). The summed E-state index contributed by atoms with van der Waals surface area (Å²) in [5.74, 6) is 1.96. The largest absolute Gasteiger partial charge is 0.241 e. The third-order valence-corrected chi connectivity index (χ3v) is 1.34. The smallest absolute Gasteiger partial charge is 0.0550 e. The number of allylic oxidation sites excluding steroid dienone is 1. The molecule has 0 aromatic heterocycles. The maximum absolute atomic E-state index is 3.92. The van der Waals surface area contributed by atoms with Crippen LogP contribution < -0.4 is 0 Å². The quantitative estimate of drug-likeness (QED) is 0.481. The summed E-state index contributed by atoms with van der Waals surface area (Å²) in [7, 11) is 0. The molecule has 0 nitrogen and oxygen atoms in total. The molecule has 0 bridgehead atoms. The molecule has 0 heteroatoms. The molecule has 0 aromatic rings. The van der Waals surface area contributed by atoms with Crippen molar-refractivity contribution in [3.05, 3.63) is 18.1 Å². The van der Waals surface area contributed by atoms with Crippen LogP contribution in [-0.4, -0.2) is 0 Å². The van der Waals surface area contributed by atoms with Crippen molar-refractivity contribution in [3.63, 3.8) is 0 Å². The molecule has 0 saturated heterocycles. The van der Waals surface area contributed by atoms with E-state index in [9.17, 15) is 0 Å². The highest BCUT2D eigenvalue weighted by Gasteiger charge is 1.92. The summed E-state index contributed by atoms with van der Waals surface area (Å²) in [4.78, 5) is 0. The fourth-order valence-electron chi connectivity index (χ4n) is 0.577. The Kier molecular flexibility index (Phi) is 2.67. The lowest BCUT2D eigenvalue weighted by molar-refractivity contribution is 0.751. The fourth-order valence-corrected chi connectivity index (χ4v) is 0.577. The zero-order chi connectivity index (χ0) is 6.73. The molecular weight excluding hydrogens is 96.1 g/mol. The SMILES string of the molecule is C=C([C-](C)C)C(C)C. The van der Waals surface area contributed by atoms with E-state index >= 15 is 0 Å². The Balaban J connectivity index is 3.65. The van der Waals surface area contributed by atoms with Crippen molar-refractivity contribution in [1.29, 1.82) is 0 Å². The van der Waals surface area contributed by atoms with Gasteiger partial charge in [0.25, 0.3) is 0 Å². The fraction of sp³-hybridized carbons (Fsp3) is 0.625. The minimum atomic E-state index is 0.611. The van der Waals surface area contributed by atoms with E-state index in [1.807, 2.05) is 0 Å². The Bertz CT molecular complexity index is 68.0. The van der Waals surface area contributed by atoms with Crippen LogP contribution in [0.25, 0.3) is 0 Å². The van der Waals surface area contributed by atoms with Gasteiger partial charge >= 0.3 is 0 Å². The van der Waals surface area contributed by atoms with Crippen molar-refractivity contribution in [1.82, 2.24) is 0 Å². The molecule has 0 aromatic carbocycles. The first kappa shape index (κ1) is 7.61. The van der Waals surface area contributed by atoms with Gasteiger partial charge in [0.2, 0.25) is 0 Å². The van der Waals surface area contributed by atoms with Crippen molar-refractivity contribution in [2.75, 3.05) is 0 Å². The molecule has 0 unspecified atom stereocenters. The van der Waals surface area contributed by atoms with Gasteiger partial charge in [0.1, 0.15) is 0 Å². The molecule has 0 spiro atoms. The van der Waals surface area contributed by atoms with Gasteiger partial charge in [-0.2, -0.15) is 0 Å². The molecule has 0 atom stereocenters. The number of rotatable bonds is 2. The second-order valence-electron chi connectivity index (χ2n) is 2.68. The molecule has 0 aliphatic carbocycles. The van der Waals surface area contributed by atoms with E-state index in [0.717, 1.165) is 0 Å². The predicted octanol–water partition coefficient (Wildman–Crippen LogP) is 2.81. The molecule has 0 N–H and O–H groups in total. The maximum Gasteiger partial charge on any atom is -0.0550 e. The van der Waals surface area contributed by atoms with E-state index in [0.29, 0.717) is 5.92 Å². The van der Waals surface area contributed by atoms with Crippen LogP contribution in [0.4, 0.5) is 0 Å². The van der Waals surface area contributed by atoms with Crippen LogP contribution in [0.3, 0.4) is 0 Å². The van der Waals surface area contributed by atoms with Gasteiger partial charge in [0.15, 0.2) is 0 Å². The van der Waals surface area contributed by atoms with Crippen LogP contribution in [-0.2, 0) is 0 Å². The zero-order valence-electron chi connectivity index (χ0n) is 6.28. The topological polar surface area (TPSA) is 0 Å². The zero-order valence-corrected chi connectivity index (χ0v) is 6.28. The predicted molar refractivity (Wildman–Crippen MR) is 38.6 cm³/mol. The van der Waals surface area contributed by atoms with Crippen LogP contribution in [0.15, 0.2) is 12.2 Å². The molecule has 0 heterocycles. The summed E-state index contributed by atoms with van der Waals surface area (Å²) in [6.45, 7) is 12.4. The molecule has 0 fully saturated rings. The monoisotopic (exact) mass is 111 g/mol. The molecule has 0 amide bonds. The van der Waals surface area contributed by atoms with E-state index < -0.39 is 0 Å². The lowest BCUT2D eigenvalue weighted by atomic mass is 9.95. The summed E-state index contributed by atoms with van der Waals surface area (Å²) in [5.41, 5.74) is 1.27. The summed E-state index contributed by atoms with van der Waals surface area (Å²) in [6.07, 6.45) is 0. The summed E-state index contributed by atoms with van der Waals surface area (Å²) < 4.78 is 0. The Hall–Kier alpha value is -0.390. The first-order valence-corrected chi connectivity index (χ1v) is 3.05. The van der Waals surface area contributed by atoms with Crippen molar-refractivity contribution < 1.29 is 0 Å². The number of hydrogen-bond acceptors (Lipinski definition) is 0. The van der Waals surface area contributed by atoms with Crippen molar-refractivity contribution >= 4 is 0 Å². The van der Waals surface area contributed by atoms with Crippen LogP contribution in [0.1, 0.15) is 27.7 Å². The van der Waals surface area contributed by atoms with Crippen LogP contribution in [0, 0.1) is 11.8 Å². The molecule has 0 saturated carbocycles. The standard InChI is InChI=1S/C8H15/c1-6(2)8(5)7(3)4/h6H,5H2,1-4H3/q-1. The molecule has 8 heavy (non-hydrogen) atoms. The summed E-state index contributed by atoms with van der Waals surface area (Å²) in [5, 5.41) is 0. The van der Waals surface area contributed by atoms with Crippen molar-refractivity contribution in [2.24, 2.45) is 5.92 Å². The normalized spacial score (nSPS) is 9.62. The maximum atomic E-state index is 3.92. The molecule has 0 radical (unpaired) electrons. The number of hydrogen-bond donors (Lipinski definition) is 0. The van der Waals surface area contributed by atoms with E-state index in [4.69, 9.17) is 0 Å². The molecular formula is C8H15-. The van der Waals surface area contributed by atoms with Gasteiger partial charge in [-0.05, 0) is 0 Å². The van der Waals surface area contributed by atoms with Gasteiger partial charge in [-0.1, -0.05) is 19.8 Å². The molecule has 48 valence electrons. The van der Waals surface area contributed by atoms with Crippen LogP contribution >= 0.6 is 0 Å². The third kappa shape index (κ3) is 2.06. The van der Waals surface area contributed by atoms with E-state index in [-0.39, 0.29) is 0 Å². The van der Waals surface area contributed by atoms with E-state index in [1.54, 1.807) is 0 Å². The molecule has 0 aliphatic heterocycles. The van der Waals surface area contributed by atoms with Gasteiger partial charge in [0, 0.05) is 0 Å². The Morgan fingerprint density at radius 2 is 1.75 bits per heavy atom. The van der Waals surface area contributed by atoms with Crippen molar-refractivity contribution in [3.8, 4) is 0 Å². The Labute approximate surface area is 52.6 Å². The van der Waals surface area contributed by atoms with Crippen molar-refractivity contribution in [2.45, 2.75) is 27.7 Å². The van der Waals surface area contributed by atoms with Crippen LogP contribution in [0.5, 0.6) is 0 Å². The minimum absolute atomic E-state index is 0.611. The second-order valence-corrected chi connectivity index (χ2v) is 2.68. The van der Waals surface area contributed by atoms with Gasteiger partial charge in [-0.15, -0.1) is 13.8 Å². The summed E-state index contributed by atoms with van der Waals surface area (Å²) >= 11 is 0. The highest BCUT2D eigenvalue weighted by molar-refractivity contribution is 5.17. The van der Waals surface area contributed by atoms with Gasteiger partial charge in [-0.3, -0.25) is 0 Å². The van der Waals surface area contributed by atoms with E-state index in [1.165, 1.54) is 11.5 Å². The average molecular weight is 111 g/mol. The van der Waals surface area contributed by atoms with Gasteiger partial charge in [0.05, 0.1) is 0 Å². The summed E-state index contributed by atoms with van der Waals surface area (Å²) in [6, 6.07) is 0. The minimum Gasteiger partial charge on any atom is -0.241 e.